The molecule has 5 atom stereocenters. The summed E-state index contributed by atoms with van der Waals surface area (Å²) in [7, 11) is 0. The molecule has 0 aromatic rings. The Morgan fingerprint density at radius 3 is 2.67 bits per heavy atom. The van der Waals surface area contributed by atoms with E-state index in [2.05, 4.69) is 31.0 Å². The average Bonchev–Trinajstić information content (AvgIpc) is 2.82. The normalized spacial score (nSPS) is 38.0. The predicted molar refractivity (Wildman–Crippen MR) is 89.4 cm³/mol. The monoisotopic (exact) mass is 296 g/mol. The maximum Gasteiger partial charge on any atom is 0.0589 e. The van der Waals surface area contributed by atoms with Gasteiger partial charge in [-0.15, -0.1) is 0 Å². The average molecular weight is 296 g/mol. The number of aliphatic hydroxyl groups excluding tert-OH is 1. The van der Waals surface area contributed by atoms with E-state index in [1.165, 1.54) is 51.6 Å². The van der Waals surface area contributed by atoms with Crippen LogP contribution in [0.15, 0.2) is 0 Å². The number of hydrogen-bond acceptors (Lipinski definition) is 3. The molecule has 2 fully saturated rings. The third-order valence-corrected chi connectivity index (χ3v) is 5.91. The van der Waals surface area contributed by atoms with Gasteiger partial charge in [-0.1, -0.05) is 33.6 Å². The van der Waals surface area contributed by atoms with E-state index in [0.717, 1.165) is 18.4 Å². The molecule has 3 nitrogen and oxygen atoms in total. The van der Waals surface area contributed by atoms with Crippen molar-refractivity contribution >= 4 is 0 Å². The van der Waals surface area contributed by atoms with Gasteiger partial charge in [0.05, 0.1) is 6.61 Å². The number of nitrogens with zero attached hydrogens (tertiary/aromatic N) is 1. The van der Waals surface area contributed by atoms with Crippen molar-refractivity contribution in [3.05, 3.63) is 0 Å². The second-order valence-electron chi connectivity index (χ2n) is 7.40. The van der Waals surface area contributed by atoms with Gasteiger partial charge in [0.15, 0.2) is 0 Å². The highest BCUT2D eigenvalue weighted by atomic mass is 16.3. The highest BCUT2D eigenvalue weighted by molar-refractivity contribution is 4.91. The molecule has 3 heteroatoms. The van der Waals surface area contributed by atoms with Crippen molar-refractivity contribution in [2.45, 2.75) is 71.4 Å². The molecule has 0 aromatic carbocycles. The largest absolute Gasteiger partial charge is 0.395 e. The summed E-state index contributed by atoms with van der Waals surface area (Å²) < 4.78 is 0. The minimum atomic E-state index is 0.331. The van der Waals surface area contributed by atoms with Crippen molar-refractivity contribution in [2.75, 3.05) is 26.2 Å². The molecule has 0 aromatic heterocycles. The van der Waals surface area contributed by atoms with Crippen LogP contribution in [0.25, 0.3) is 0 Å². The van der Waals surface area contributed by atoms with Gasteiger partial charge in [0.25, 0.3) is 0 Å². The van der Waals surface area contributed by atoms with Crippen molar-refractivity contribution < 1.29 is 5.11 Å². The summed E-state index contributed by atoms with van der Waals surface area (Å²) in [5.74, 6) is 2.36. The van der Waals surface area contributed by atoms with Gasteiger partial charge >= 0.3 is 0 Å². The molecule has 1 aliphatic carbocycles. The van der Waals surface area contributed by atoms with E-state index < -0.39 is 0 Å². The second-order valence-corrected chi connectivity index (χ2v) is 7.40. The fourth-order valence-corrected chi connectivity index (χ4v) is 4.68. The van der Waals surface area contributed by atoms with E-state index in [-0.39, 0.29) is 0 Å². The number of rotatable bonds is 7. The van der Waals surface area contributed by atoms with Gasteiger partial charge < -0.3 is 10.4 Å². The summed E-state index contributed by atoms with van der Waals surface area (Å²) in [6, 6.07) is 1.09. The Kier molecular flexibility index (Phi) is 6.97. The van der Waals surface area contributed by atoms with E-state index >= 15 is 0 Å². The van der Waals surface area contributed by atoms with Crippen LogP contribution in [0.5, 0.6) is 0 Å². The van der Waals surface area contributed by atoms with Crippen molar-refractivity contribution in [3.63, 3.8) is 0 Å². The lowest BCUT2D eigenvalue weighted by atomic mass is 9.76. The van der Waals surface area contributed by atoms with Crippen molar-refractivity contribution in [2.24, 2.45) is 17.8 Å². The summed E-state index contributed by atoms with van der Waals surface area (Å²) in [6.45, 7) is 10.6. The third-order valence-electron chi connectivity index (χ3n) is 5.91. The zero-order valence-electron chi connectivity index (χ0n) is 14.4. The topological polar surface area (TPSA) is 35.5 Å². The number of aliphatic hydroxyl groups is 1. The molecule has 2 aliphatic rings. The lowest BCUT2D eigenvalue weighted by Crippen LogP contribution is -2.48. The summed E-state index contributed by atoms with van der Waals surface area (Å²) in [5.41, 5.74) is 0. The molecule has 0 amide bonds. The summed E-state index contributed by atoms with van der Waals surface area (Å²) in [4.78, 5) is 2.58. The van der Waals surface area contributed by atoms with Crippen LogP contribution in [0.3, 0.4) is 0 Å². The zero-order valence-corrected chi connectivity index (χ0v) is 14.4. The first kappa shape index (κ1) is 17.2. The van der Waals surface area contributed by atoms with Crippen LogP contribution >= 0.6 is 0 Å². The summed E-state index contributed by atoms with van der Waals surface area (Å²) >= 11 is 0. The molecular weight excluding hydrogens is 260 g/mol. The maximum atomic E-state index is 9.68. The molecule has 1 saturated carbocycles. The molecule has 1 heterocycles. The molecule has 2 rings (SSSR count). The van der Waals surface area contributed by atoms with Gasteiger partial charge in [0, 0.05) is 18.6 Å². The Hall–Kier alpha value is -0.120. The van der Waals surface area contributed by atoms with E-state index in [0.29, 0.717) is 24.6 Å². The first-order valence-electron chi connectivity index (χ1n) is 9.27. The maximum absolute atomic E-state index is 9.68. The zero-order chi connectivity index (χ0) is 15.2. The van der Waals surface area contributed by atoms with Gasteiger partial charge in [-0.3, -0.25) is 4.90 Å². The molecule has 2 N–H and O–H groups in total. The molecule has 0 spiro atoms. The van der Waals surface area contributed by atoms with Crippen LogP contribution in [0, 0.1) is 17.8 Å². The Morgan fingerprint density at radius 2 is 2.00 bits per heavy atom. The lowest BCUT2D eigenvalue weighted by molar-refractivity contribution is 0.0922. The van der Waals surface area contributed by atoms with Gasteiger partial charge in [-0.2, -0.15) is 0 Å². The Bertz CT molecular complexity index is 297. The molecule has 21 heavy (non-hydrogen) atoms. The standard InChI is InChI=1S/C18H36N2O/c1-4-6-15-7-8-17(19-5-2)16(11-15)12-20-10-9-14(3)18(20)13-21/h14-19,21H,4-13H2,1-3H3. The van der Waals surface area contributed by atoms with Crippen molar-refractivity contribution in [1.82, 2.24) is 10.2 Å². The number of nitrogens with one attached hydrogen (secondary N) is 1. The van der Waals surface area contributed by atoms with Crippen LogP contribution in [-0.4, -0.2) is 48.3 Å². The summed E-state index contributed by atoms with van der Waals surface area (Å²) in [5, 5.41) is 13.4. The molecule has 124 valence electrons. The fraction of sp³-hybridized carbons (Fsp3) is 1.00. The quantitative estimate of drug-likeness (QED) is 0.758. The highest BCUT2D eigenvalue weighted by Gasteiger charge is 2.36. The van der Waals surface area contributed by atoms with Crippen LogP contribution < -0.4 is 5.32 Å². The van der Waals surface area contributed by atoms with Gasteiger partial charge in [-0.05, 0) is 56.5 Å². The fourth-order valence-electron chi connectivity index (χ4n) is 4.68. The highest BCUT2D eigenvalue weighted by Crippen LogP contribution is 2.34. The van der Waals surface area contributed by atoms with Crippen LogP contribution in [0.4, 0.5) is 0 Å². The molecule has 0 bridgehead atoms. The van der Waals surface area contributed by atoms with Crippen LogP contribution in [0.2, 0.25) is 0 Å². The van der Waals surface area contributed by atoms with Gasteiger partial charge in [-0.25, -0.2) is 0 Å². The lowest BCUT2D eigenvalue weighted by Gasteiger charge is -2.40. The van der Waals surface area contributed by atoms with E-state index in [1.54, 1.807) is 0 Å². The second kappa shape index (κ2) is 8.50. The minimum absolute atomic E-state index is 0.331. The smallest absolute Gasteiger partial charge is 0.0589 e. The van der Waals surface area contributed by atoms with E-state index in [9.17, 15) is 5.11 Å². The Balaban J connectivity index is 1.95. The number of hydrogen-bond donors (Lipinski definition) is 2. The first-order chi connectivity index (χ1) is 10.2. The first-order valence-corrected chi connectivity index (χ1v) is 9.27. The van der Waals surface area contributed by atoms with Crippen molar-refractivity contribution in [1.29, 1.82) is 0 Å². The van der Waals surface area contributed by atoms with Crippen LogP contribution in [0.1, 0.15) is 59.3 Å². The van der Waals surface area contributed by atoms with E-state index in [1.807, 2.05) is 0 Å². The Morgan fingerprint density at radius 1 is 1.19 bits per heavy atom. The molecular formula is C18H36N2O. The number of likely N-dealkylation sites (tertiary alicyclic amines) is 1. The summed E-state index contributed by atoms with van der Waals surface area (Å²) in [6.07, 6.45) is 8.10. The molecule has 5 unspecified atom stereocenters. The Labute approximate surface area is 131 Å². The SMILES string of the molecule is CCCC1CCC(NCC)C(CN2CCC(C)C2CO)C1. The van der Waals surface area contributed by atoms with Gasteiger partial charge in [0.1, 0.15) is 0 Å². The third kappa shape index (κ3) is 4.43. The molecule has 1 aliphatic heterocycles. The van der Waals surface area contributed by atoms with E-state index in [4.69, 9.17) is 0 Å². The molecule has 0 radical (unpaired) electrons. The predicted octanol–water partition coefficient (Wildman–Crippen LogP) is 2.88. The van der Waals surface area contributed by atoms with Crippen molar-refractivity contribution in [3.8, 4) is 0 Å². The van der Waals surface area contributed by atoms with Gasteiger partial charge in [0.2, 0.25) is 0 Å². The minimum Gasteiger partial charge on any atom is -0.395 e. The molecule has 1 saturated heterocycles. The van der Waals surface area contributed by atoms with Crippen LogP contribution in [-0.2, 0) is 0 Å².